The summed E-state index contributed by atoms with van der Waals surface area (Å²) in [7, 11) is 2.12. The Hall–Kier alpha value is -3.79. The van der Waals surface area contributed by atoms with Crippen LogP contribution in [0.25, 0.3) is 17.0 Å². The summed E-state index contributed by atoms with van der Waals surface area (Å²) in [5.74, 6) is -0.502. The van der Waals surface area contributed by atoms with Crippen molar-refractivity contribution >= 4 is 23.0 Å². The molecule has 0 atom stereocenters. The van der Waals surface area contributed by atoms with Crippen LogP contribution < -0.4 is 15.0 Å². The Kier molecular flexibility index (Phi) is 6.21. The van der Waals surface area contributed by atoms with Gasteiger partial charge in [-0.05, 0) is 45.2 Å². The van der Waals surface area contributed by atoms with Crippen molar-refractivity contribution in [1.29, 1.82) is 0 Å². The molecule has 0 amide bonds. The second kappa shape index (κ2) is 9.46. The summed E-state index contributed by atoms with van der Waals surface area (Å²) in [5, 5.41) is 7.49. The summed E-state index contributed by atoms with van der Waals surface area (Å²) in [4.78, 5) is 13.3. The predicted molar refractivity (Wildman–Crippen MR) is 131 cm³/mol. The lowest BCUT2D eigenvalue weighted by atomic mass is 10.2. The molecule has 8 nitrogen and oxygen atoms in total. The SMILES string of the molecule is CC(C)Oc1cc(Nc2nc(-c3c(F)cccc3F)nc3ccnn23)ccc1N1CCN(C)CC1. The van der Waals surface area contributed by atoms with Gasteiger partial charge in [0.15, 0.2) is 11.5 Å². The van der Waals surface area contributed by atoms with Crippen LogP contribution in [-0.4, -0.2) is 63.8 Å². The zero-order valence-corrected chi connectivity index (χ0v) is 19.9. The highest BCUT2D eigenvalue weighted by Crippen LogP contribution is 2.34. The molecule has 5 rings (SSSR count). The van der Waals surface area contributed by atoms with Gasteiger partial charge in [-0.3, -0.25) is 0 Å². The van der Waals surface area contributed by atoms with Crippen LogP contribution in [0.15, 0.2) is 48.7 Å². The Morgan fingerprint density at radius 2 is 1.71 bits per heavy atom. The zero-order valence-electron chi connectivity index (χ0n) is 19.9. The highest BCUT2D eigenvalue weighted by atomic mass is 19.1. The van der Waals surface area contributed by atoms with E-state index in [9.17, 15) is 8.78 Å². The largest absolute Gasteiger partial charge is 0.489 e. The lowest BCUT2D eigenvalue weighted by Crippen LogP contribution is -2.44. The van der Waals surface area contributed by atoms with E-state index in [-0.39, 0.29) is 23.4 Å². The van der Waals surface area contributed by atoms with Crippen molar-refractivity contribution in [1.82, 2.24) is 24.5 Å². The van der Waals surface area contributed by atoms with Gasteiger partial charge in [0.05, 0.1) is 23.6 Å². The number of rotatable bonds is 6. The van der Waals surface area contributed by atoms with Crippen LogP contribution in [0.4, 0.5) is 26.1 Å². The van der Waals surface area contributed by atoms with E-state index in [4.69, 9.17) is 4.74 Å². The first-order valence-electron chi connectivity index (χ1n) is 11.6. The van der Waals surface area contributed by atoms with Crippen molar-refractivity contribution in [3.05, 3.63) is 60.3 Å². The quantitative estimate of drug-likeness (QED) is 0.441. The molecule has 1 N–H and O–H groups in total. The highest BCUT2D eigenvalue weighted by Gasteiger charge is 2.20. The number of hydrogen-bond donors (Lipinski definition) is 1. The van der Waals surface area contributed by atoms with Crippen molar-refractivity contribution in [3.63, 3.8) is 0 Å². The van der Waals surface area contributed by atoms with Crippen LogP contribution in [0.3, 0.4) is 0 Å². The van der Waals surface area contributed by atoms with E-state index < -0.39 is 11.6 Å². The number of ether oxygens (including phenoxy) is 1. The van der Waals surface area contributed by atoms with Gasteiger partial charge in [-0.1, -0.05) is 6.07 Å². The molecule has 2 aromatic heterocycles. The Morgan fingerprint density at radius 1 is 0.971 bits per heavy atom. The van der Waals surface area contributed by atoms with Gasteiger partial charge in [0.25, 0.3) is 0 Å². The lowest BCUT2D eigenvalue weighted by molar-refractivity contribution is 0.241. The van der Waals surface area contributed by atoms with Crippen molar-refractivity contribution in [2.24, 2.45) is 0 Å². The van der Waals surface area contributed by atoms with Gasteiger partial charge in [0.2, 0.25) is 5.95 Å². The van der Waals surface area contributed by atoms with Crippen LogP contribution in [-0.2, 0) is 0 Å². The molecule has 0 saturated carbocycles. The maximum absolute atomic E-state index is 14.5. The number of halogens is 2. The first-order chi connectivity index (χ1) is 16.9. The smallest absolute Gasteiger partial charge is 0.232 e. The van der Waals surface area contributed by atoms with Crippen LogP contribution in [0.2, 0.25) is 0 Å². The molecule has 0 radical (unpaired) electrons. The number of nitrogens with one attached hydrogen (secondary N) is 1. The maximum atomic E-state index is 14.5. The number of hydrogen-bond acceptors (Lipinski definition) is 7. The molecule has 10 heteroatoms. The van der Waals surface area contributed by atoms with E-state index in [0.29, 0.717) is 11.3 Å². The number of likely N-dealkylation sites (N-methyl/N-ethyl adjacent to an activating group) is 1. The standard InChI is InChI=1S/C25H27F2N7O/c1-16(2)35-21-15-17(7-8-20(21)33-13-11-32(3)12-14-33)29-25-31-24(30-22-9-10-28-34(22)25)23-18(26)5-4-6-19(23)27/h4-10,15-16H,11-14H2,1-3H3,(H,29,30,31). The van der Waals surface area contributed by atoms with Crippen LogP contribution in [0.5, 0.6) is 5.75 Å². The third-order valence-electron chi connectivity index (χ3n) is 5.86. The Bertz CT molecular complexity index is 1330. The fourth-order valence-electron chi connectivity index (χ4n) is 4.11. The topological polar surface area (TPSA) is 70.8 Å². The van der Waals surface area contributed by atoms with E-state index in [1.54, 1.807) is 12.3 Å². The molecule has 1 fully saturated rings. The number of piperazine rings is 1. The molecular weight excluding hydrogens is 452 g/mol. The van der Waals surface area contributed by atoms with Crippen LogP contribution in [0.1, 0.15) is 13.8 Å². The summed E-state index contributed by atoms with van der Waals surface area (Å²) in [6, 6.07) is 11.2. The van der Waals surface area contributed by atoms with Crippen molar-refractivity contribution in [3.8, 4) is 17.1 Å². The number of benzene rings is 2. The fourth-order valence-corrected chi connectivity index (χ4v) is 4.11. The Labute approximate surface area is 202 Å². The number of aromatic nitrogens is 4. The van der Waals surface area contributed by atoms with Gasteiger partial charge in [-0.25, -0.2) is 13.8 Å². The molecule has 1 aliphatic heterocycles. The minimum atomic E-state index is -0.732. The summed E-state index contributed by atoms with van der Waals surface area (Å²) in [6.45, 7) is 7.76. The Balaban J connectivity index is 1.52. The molecule has 2 aromatic carbocycles. The van der Waals surface area contributed by atoms with Gasteiger partial charge < -0.3 is 19.9 Å². The van der Waals surface area contributed by atoms with Gasteiger partial charge in [-0.2, -0.15) is 14.6 Å². The summed E-state index contributed by atoms with van der Waals surface area (Å²) in [5.41, 5.74) is 1.86. The average Bonchev–Trinajstić information content (AvgIpc) is 3.29. The minimum Gasteiger partial charge on any atom is -0.489 e. The monoisotopic (exact) mass is 479 g/mol. The minimum absolute atomic E-state index is 0.0102. The normalized spacial score (nSPS) is 14.6. The summed E-state index contributed by atoms with van der Waals surface area (Å²) >= 11 is 0. The third-order valence-corrected chi connectivity index (χ3v) is 5.86. The second-order valence-corrected chi connectivity index (χ2v) is 8.83. The van der Waals surface area contributed by atoms with E-state index in [1.165, 1.54) is 22.7 Å². The average molecular weight is 480 g/mol. The molecule has 182 valence electrons. The summed E-state index contributed by atoms with van der Waals surface area (Å²) in [6.07, 6.45) is 1.55. The first kappa shape index (κ1) is 23.0. The molecule has 1 saturated heterocycles. The van der Waals surface area contributed by atoms with Crippen LogP contribution >= 0.6 is 0 Å². The van der Waals surface area contributed by atoms with Crippen LogP contribution in [0, 0.1) is 11.6 Å². The fraction of sp³-hybridized carbons (Fsp3) is 0.320. The molecule has 0 spiro atoms. The molecule has 35 heavy (non-hydrogen) atoms. The second-order valence-electron chi connectivity index (χ2n) is 8.83. The van der Waals surface area contributed by atoms with E-state index >= 15 is 0 Å². The third kappa shape index (κ3) is 4.74. The van der Waals surface area contributed by atoms with Gasteiger partial charge >= 0.3 is 0 Å². The van der Waals surface area contributed by atoms with Crippen molar-refractivity contribution in [2.75, 3.05) is 43.4 Å². The molecule has 3 heterocycles. The maximum Gasteiger partial charge on any atom is 0.232 e. The van der Waals surface area contributed by atoms with Gasteiger partial charge in [0, 0.05) is 44.0 Å². The van der Waals surface area contributed by atoms with Crippen molar-refractivity contribution < 1.29 is 13.5 Å². The first-order valence-corrected chi connectivity index (χ1v) is 11.6. The zero-order chi connectivity index (χ0) is 24.5. The van der Waals surface area contributed by atoms with E-state index in [1.807, 2.05) is 32.0 Å². The van der Waals surface area contributed by atoms with E-state index in [0.717, 1.165) is 37.6 Å². The summed E-state index contributed by atoms with van der Waals surface area (Å²) < 4.78 is 36.5. The Morgan fingerprint density at radius 3 is 2.43 bits per heavy atom. The van der Waals surface area contributed by atoms with Gasteiger partial charge in [-0.15, -0.1) is 0 Å². The number of nitrogens with zero attached hydrogens (tertiary/aromatic N) is 6. The van der Waals surface area contributed by atoms with E-state index in [2.05, 4.69) is 37.2 Å². The molecule has 4 aromatic rings. The molecular formula is C25H27F2N7O. The lowest BCUT2D eigenvalue weighted by Gasteiger charge is -2.35. The van der Waals surface area contributed by atoms with Crippen molar-refractivity contribution in [2.45, 2.75) is 20.0 Å². The molecule has 0 bridgehead atoms. The molecule has 1 aliphatic rings. The predicted octanol–water partition coefficient (Wildman–Crippen LogP) is 4.35. The molecule has 0 aliphatic carbocycles. The number of anilines is 3. The number of fused-ring (bicyclic) bond motifs is 1. The highest BCUT2D eigenvalue weighted by molar-refractivity contribution is 5.69. The van der Waals surface area contributed by atoms with Gasteiger partial charge in [0.1, 0.15) is 17.4 Å². The molecule has 0 unspecified atom stereocenters.